The van der Waals surface area contributed by atoms with E-state index >= 15 is 0 Å². The first-order valence-corrected chi connectivity index (χ1v) is 15.0. The van der Waals surface area contributed by atoms with Crippen molar-refractivity contribution in [2.45, 2.75) is 25.2 Å². The van der Waals surface area contributed by atoms with E-state index in [-0.39, 0.29) is 17.2 Å². The summed E-state index contributed by atoms with van der Waals surface area (Å²) in [7, 11) is -1.17. The first-order valence-electron chi connectivity index (χ1n) is 13.2. The molecule has 9 nitrogen and oxygen atoms in total. The lowest BCUT2D eigenvalue weighted by Gasteiger charge is -2.22. The van der Waals surface area contributed by atoms with Crippen LogP contribution in [-0.4, -0.2) is 56.7 Å². The Balaban J connectivity index is 1.52. The maximum absolute atomic E-state index is 13.7. The number of carbonyl (C=O) groups excluding carboxylic acids is 1. The van der Waals surface area contributed by atoms with E-state index in [1.165, 1.54) is 32.4 Å². The standard InChI is InChI=1S/C31H33ClN4O5S/c1-22-18-25(23(2)36(22)27-12-10-26(32)11-13-27)20-33-34-31(37)21-35(17-16-24-8-6-5-7-9-24)42(38,39)28-14-15-29(40-3)30(19-28)41-4/h5-15,18-20H,16-17,21H2,1-4H3,(H,34,37)/b33-20+. The SMILES string of the molecule is COc1ccc(S(=O)(=O)N(CCc2ccccc2)CC(=O)N/N=C/c2cc(C)n(-c3ccc(Cl)cc3)c2C)cc1OC. The summed E-state index contributed by atoms with van der Waals surface area (Å²) < 4.78 is 41.1. The first kappa shape index (κ1) is 30.8. The fourth-order valence-electron chi connectivity index (χ4n) is 4.58. The van der Waals surface area contributed by atoms with Crippen LogP contribution in [0.4, 0.5) is 0 Å². The van der Waals surface area contributed by atoms with Crippen LogP contribution >= 0.6 is 11.6 Å². The number of hydrogen-bond acceptors (Lipinski definition) is 6. The number of halogens is 1. The zero-order valence-electron chi connectivity index (χ0n) is 23.9. The van der Waals surface area contributed by atoms with Crippen molar-refractivity contribution in [2.24, 2.45) is 5.10 Å². The normalized spacial score (nSPS) is 11.7. The van der Waals surface area contributed by atoms with Crippen LogP contribution in [0, 0.1) is 13.8 Å². The minimum atomic E-state index is -4.07. The number of hydrazone groups is 1. The summed E-state index contributed by atoms with van der Waals surface area (Å²) in [6, 6.07) is 23.3. The number of aromatic nitrogens is 1. The van der Waals surface area contributed by atoms with E-state index in [0.29, 0.717) is 17.2 Å². The number of carbonyl (C=O) groups is 1. The third kappa shape index (κ3) is 7.20. The predicted molar refractivity (Wildman–Crippen MR) is 164 cm³/mol. The van der Waals surface area contributed by atoms with E-state index < -0.39 is 22.5 Å². The second kappa shape index (κ2) is 13.7. The molecule has 1 aromatic heterocycles. The molecule has 4 rings (SSSR count). The van der Waals surface area contributed by atoms with Gasteiger partial charge in [0.15, 0.2) is 11.5 Å². The van der Waals surface area contributed by atoms with Gasteiger partial charge in [-0.3, -0.25) is 4.79 Å². The molecule has 0 radical (unpaired) electrons. The van der Waals surface area contributed by atoms with Crippen molar-refractivity contribution >= 4 is 33.7 Å². The van der Waals surface area contributed by atoms with E-state index in [9.17, 15) is 13.2 Å². The zero-order chi connectivity index (χ0) is 30.3. The highest BCUT2D eigenvalue weighted by atomic mass is 35.5. The van der Waals surface area contributed by atoms with Crippen LogP contribution in [-0.2, 0) is 21.2 Å². The second-order valence-electron chi connectivity index (χ2n) is 9.52. The summed E-state index contributed by atoms with van der Waals surface area (Å²) in [5.41, 5.74) is 7.09. The fraction of sp³-hybridized carbons (Fsp3) is 0.226. The average molecular weight is 609 g/mol. The minimum Gasteiger partial charge on any atom is -0.493 e. The van der Waals surface area contributed by atoms with Crippen LogP contribution in [0.5, 0.6) is 11.5 Å². The largest absolute Gasteiger partial charge is 0.493 e. The molecule has 3 aromatic carbocycles. The van der Waals surface area contributed by atoms with Crippen molar-refractivity contribution in [1.82, 2.24) is 14.3 Å². The van der Waals surface area contributed by atoms with Crippen LogP contribution in [0.15, 0.2) is 88.9 Å². The van der Waals surface area contributed by atoms with Crippen molar-refractivity contribution < 1.29 is 22.7 Å². The lowest BCUT2D eigenvalue weighted by atomic mass is 10.1. The monoisotopic (exact) mass is 608 g/mol. The Kier molecular flexibility index (Phi) is 10.1. The van der Waals surface area contributed by atoms with Crippen LogP contribution < -0.4 is 14.9 Å². The zero-order valence-corrected chi connectivity index (χ0v) is 25.4. The van der Waals surface area contributed by atoms with E-state index in [2.05, 4.69) is 15.1 Å². The Morgan fingerprint density at radius 1 is 0.976 bits per heavy atom. The van der Waals surface area contributed by atoms with E-state index in [1.807, 2.05) is 74.5 Å². The molecule has 0 saturated heterocycles. The number of hydrogen-bond donors (Lipinski definition) is 1. The van der Waals surface area contributed by atoms with Gasteiger partial charge in [-0.25, -0.2) is 13.8 Å². The summed E-state index contributed by atoms with van der Waals surface area (Å²) in [6.07, 6.45) is 1.96. The van der Waals surface area contributed by atoms with Crippen LogP contribution in [0.2, 0.25) is 5.02 Å². The Bertz CT molecular complexity index is 1670. The van der Waals surface area contributed by atoms with Gasteiger partial charge in [-0.1, -0.05) is 41.9 Å². The van der Waals surface area contributed by atoms with Crippen molar-refractivity contribution in [1.29, 1.82) is 0 Å². The van der Waals surface area contributed by atoms with Crippen molar-refractivity contribution in [3.63, 3.8) is 0 Å². The summed E-state index contributed by atoms with van der Waals surface area (Å²) in [6.45, 7) is 3.58. The van der Waals surface area contributed by atoms with E-state index in [0.717, 1.165) is 32.5 Å². The summed E-state index contributed by atoms with van der Waals surface area (Å²) in [5.74, 6) is 0.0940. The molecule has 0 aliphatic rings. The summed E-state index contributed by atoms with van der Waals surface area (Å²) in [4.78, 5) is 13.0. The minimum absolute atomic E-state index is 0.0147. The Labute approximate surface area is 251 Å². The molecule has 11 heteroatoms. The molecular weight excluding hydrogens is 576 g/mol. The fourth-order valence-corrected chi connectivity index (χ4v) is 6.12. The maximum Gasteiger partial charge on any atom is 0.255 e. The van der Waals surface area contributed by atoms with Crippen LogP contribution in [0.1, 0.15) is 22.5 Å². The number of sulfonamides is 1. The molecule has 0 spiro atoms. The van der Waals surface area contributed by atoms with Gasteiger partial charge in [-0.15, -0.1) is 0 Å². The Morgan fingerprint density at radius 3 is 2.33 bits per heavy atom. The van der Waals surface area contributed by atoms with Gasteiger partial charge in [0.05, 0.1) is 31.9 Å². The van der Waals surface area contributed by atoms with E-state index in [4.69, 9.17) is 21.1 Å². The molecule has 0 unspecified atom stereocenters. The van der Waals surface area contributed by atoms with Gasteiger partial charge in [0.2, 0.25) is 10.0 Å². The topological polar surface area (TPSA) is 102 Å². The number of nitrogens with zero attached hydrogens (tertiary/aromatic N) is 3. The maximum atomic E-state index is 13.7. The molecule has 1 heterocycles. The molecule has 1 N–H and O–H groups in total. The quantitative estimate of drug-likeness (QED) is 0.177. The van der Waals surface area contributed by atoms with Crippen molar-refractivity contribution in [3.8, 4) is 17.2 Å². The van der Waals surface area contributed by atoms with Gasteiger partial charge in [0.1, 0.15) is 0 Å². The molecule has 0 atom stereocenters. The molecule has 4 aromatic rings. The van der Waals surface area contributed by atoms with Gasteiger partial charge in [0, 0.05) is 40.3 Å². The van der Waals surface area contributed by atoms with Crippen molar-refractivity contribution in [2.75, 3.05) is 27.3 Å². The highest BCUT2D eigenvalue weighted by Crippen LogP contribution is 2.30. The molecule has 0 fully saturated rings. The van der Waals surface area contributed by atoms with Gasteiger partial charge >= 0.3 is 0 Å². The first-order chi connectivity index (χ1) is 20.1. The molecule has 0 saturated carbocycles. The average Bonchev–Trinajstić information content (AvgIpc) is 3.27. The van der Waals surface area contributed by atoms with Gasteiger partial charge in [-0.2, -0.15) is 9.41 Å². The highest BCUT2D eigenvalue weighted by molar-refractivity contribution is 7.89. The number of aryl methyl sites for hydroxylation is 1. The molecule has 0 aliphatic heterocycles. The van der Waals surface area contributed by atoms with Gasteiger partial charge in [0.25, 0.3) is 5.91 Å². The third-order valence-corrected chi connectivity index (χ3v) is 8.85. The second-order valence-corrected chi connectivity index (χ2v) is 11.9. The number of methoxy groups -OCH3 is 2. The summed E-state index contributed by atoms with van der Waals surface area (Å²) >= 11 is 6.04. The molecule has 0 bridgehead atoms. The molecular formula is C31H33ClN4O5S. The molecule has 1 amide bonds. The number of amides is 1. The third-order valence-electron chi connectivity index (χ3n) is 6.75. The number of rotatable bonds is 12. The number of benzene rings is 3. The van der Waals surface area contributed by atoms with Gasteiger partial charge in [-0.05, 0) is 68.3 Å². The van der Waals surface area contributed by atoms with E-state index in [1.54, 1.807) is 6.21 Å². The molecule has 220 valence electrons. The summed E-state index contributed by atoms with van der Waals surface area (Å²) in [5, 5.41) is 4.77. The Hall–Kier alpha value is -4.12. The Morgan fingerprint density at radius 2 is 1.67 bits per heavy atom. The van der Waals surface area contributed by atoms with Crippen LogP contribution in [0.3, 0.4) is 0 Å². The van der Waals surface area contributed by atoms with Crippen molar-refractivity contribution in [3.05, 3.63) is 106 Å². The molecule has 42 heavy (non-hydrogen) atoms. The highest BCUT2D eigenvalue weighted by Gasteiger charge is 2.27. The number of nitrogens with one attached hydrogen (secondary N) is 1. The lowest BCUT2D eigenvalue weighted by Crippen LogP contribution is -2.40. The van der Waals surface area contributed by atoms with Crippen LogP contribution in [0.25, 0.3) is 5.69 Å². The molecule has 0 aliphatic carbocycles. The predicted octanol–water partition coefficient (Wildman–Crippen LogP) is 5.15. The van der Waals surface area contributed by atoms with Gasteiger partial charge < -0.3 is 14.0 Å². The number of ether oxygens (including phenoxy) is 2. The smallest absolute Gasteiger partial charge is 0.255 e. The lowest BCUT2D eigenvalue weighted by molar-refractivity contribution is -0.121.